The van der Waals surface area contributed by atoms with Crippen LogP contribution in [0.15, 0.2) is 54.7 Å². The van der Waals surface area contributed by atoms with Gasteiger partial charge in [0.2, 0.25) is 0 Å². The van der Waals surface area contributed by atoms with Crippen LogP contribution in [0.1, 0.15) is 28.5 Å². The number of benzene rings is 2. The Hall–Kier alpha value is -3.55. The maximum absolute atomic E-state index is 12.1. The predicted octanol–water partition coefficient (Wildman–Crippen LogP) is 5.71. The Morgan fingerprint density at radius 3 is 2.71 bits per heavy atom. The molecule has 1 aliphatic heterocycles. The van der Waals surface area contributed by atoms with Crippen molar-refractivity contribution in [2.45, 2.75) is 20.0 Å². The maximum Gasteiger partial charge on any atom is 0.253 e. The lowest BCUT2D eigenvalue weighted by molar-refractivity contribution is 0.0946. The molecule has 0 spiro atoms. The normalized spacial score (nSPS) is 12.7. The molecule has 2 aromatic heterocycles. The number of aromatic amines is 1. The zero-order chi connectivity index (χ0) is 24.4. The summed E-state index contributed by atoms with van der Waals surface area (Å²) < 4.78 is 11.8. The molecule has 5 rings (SSSR count). The van der Waals surface area contributed by atoms with Gasteiger partial charge in [-0.05, 0) is 49.4 Å². The number of amides is 1. The monoisotopic (exact) mass is 508 g/mol. The third-order valence-electron chi connectivity index (χ3n) is 5.64. The lowest BCUT2D eigenvalue weighted by Gasteiger charge is -2.14. The molecule has 7 nitrogen and oxygen atoms in total. The highest BCUT2D eigenvalue weighted by Gasteiger charge is 2.20. The summed E-state index contributed by atoms with van der Waals surface area (Å²) in [6.07, 6.45) is 2.46. The van der Waals surface area contributed by atoms with E-state index < -0.39 is 0 Å². The van der Waals surface area contributed by atoms with Gasteiger partial charge in [0.05, 0.1) is 23.6 Å². The van der Waals surface area contributed by atoms with Crippen LogP contribution in [0.2, 0.25) is 10.0 Å². The Balaban J connectivity index is 1.41. The van der Waals surface area contributed by atoms with Crippen LogP contribution in [-0.4, -0.2) is 34.0 Å². The van der Waals surface area contributed by atoms with Crippen LogP contribution in [0.5, 0.6) is 11.5 Å². The van der Waals surface area contributed by atoms with E-state index in [2.05, 4.69) is 15.3 Å². The molecule has 0 bridgehead atoms. The van der Waals surface area contributed by atoms with Gasteiger partial charge >= 0.3 is 0 Å². The van der Waals surface area contributed by atoms with E-state index in [1.54, 1.807) is 18.3 Å². The van der Waals surface area contributed by atoms with Gasteiger partial charge < -0.3 is 19.8 Å². The topological polar surface area (TPSA) is 89.1 Å². The number of H-pyrrole nitrogens is 1. The number of fused-ring (bicyclic) bond motifs is 1. The molecule has 0 aliphatic carbocycles. The Labute approximate surface area is 212 Å². The second kappa shape index (κ2) is 9.98. The fraction of sp³-hybridized carbons (Fsp3) is 0.192. The highest BCUT2D eigenvalue weighted by atomic mass is 35.5. The Morgan fingerprint density at radius 2 is 1.91 bits per heavy atom. The van der Waals surface area contributed by atoms with Crippen molar-refractivity contribution >= 4 is 29.1 Å². The molecule has 0 saturated carbocycles. The van der Waals surface area contributed by atoms with Crippen molar-refractivity contribution in [1.29, 1.82) is 0 Å². The van der Waals surface area contributed by atoms with Crippen LogP contribution in [0.25, 0.3) is 22.8 Å². The lowest BCUT2D eigenvalue weighted by atomic mass is 10.1. The van der Waals surface area contributed by atoms with E-state index in [0.717, 1.165) is 28.9 Å². The van der Waals surface area contributed by atoms with E-state index in [1.165, 1.54) is 0 Å². The highest BCUT2D eigenvalue weighted by molar-refractivity contribution is 6.35. The van der Waals surface area contributed by atoms with Crippen LogP contribution >= 0.6 is 23.2 Å². The fourth-order valence-electron chi connectivity index (χ4n) is 3.91. The number of nitrogens with one attached hydrogen (secondary N) is 2. The minimum atomic E-state index is -0.0696. The number of aromatic nitrogens is 3. The van der Waals surface area contributed by atoms with Gasteiger partial charge in [0.15, 0.2) is 17.3 Å². The molecule has 2 aromatic carbocycles. The highest BCUT2D eigenvalue weighted by Crippen LogP contribution is 2.34. The smallest absolute Gasteiger partial charge is 0.253 e. The standard InChI is InChI=1S/C26H22Cl2N4O3/c1-2-34-24-11-15(4-6-23(24)35-14-16-3-5-17(27)12-19(16)28)25-29-9-8-21(32-25)22-13-18-20(31-22)7-10-30-26(18)33/h3-6,8-9,11-13,31H,2,7,10,14H2,1H3,(H,30,33). The lowest BCUT2D eigenvalue weighted by Crippen LogP contribution is -2.31. The molecule has 0 saturated heterocycles. The minimum absolute atomic E-state index is 0.0696. The molecule has 1 aliphatic rings. The number of nitrogens with zero attached hydrogens (tertiary/aromatic N) is 2. The van der Waals surface area contributed by atoms with Gasteiger partial charge in [-0.25, -0.2) is 9.97 Å². The van der Waals surface area contributed by atoms with Crippen LogP contribution in [0, 0.1) is 0 Å². The molecule has 178 valence electrons. The largest absolute Gasteiger partial charge is 0.490 e. The van der Waals surface area contributed by atoms with Crippen molar-refractivity contribution in [2.75, 3.05) is 13.2 Å². The van der Waals surface area contributed by atoms with Crippen molar-refractivity contribution in [2.24, 2.45) is 0 Å². The van der Waals surface area contributed by atoms with Crippen LogP contribution < -0.4 is 14.8 Å². The van der Waals surface area contributed by atoms with Crippen molar-refractivity contribution in [3.8, 4) is 34.3 Å². The van der Waals surface area contributed by atoms with E-state index in [1.807, 2.05) is 43.3 Å². The van der Waals surface area contributed by atoms with Gasteiger partial charge in [0.1, 0.15) is 6.61 Å². The summed E-state index contributed by atoms with van der Waals surface area (Å²) in [6, 6.07) is 14.5. The van der Waals surface area contributed by atoms with Gasteiger partial charge in [-0.1, -0.05) is 29.3 Å². The molecular weight excluding hydrogens is 487 g/mol. The Morgan fingerprint density at radius 1 is 1.03 bits per heavy atom. The zero-order valence-corrected chi connectivity index (χ0v) is 20.4. The van der Waals surface area contributed by atoms with E-state index >= 15 is 0 Å². The number of halogens is 2. The third kappa shape index (κ3) is 4.97. The first-order valence-electron chi connectivity index (χ1n) is 11.2. The Bertz CT molecular complexity index is 1400. The summed E-state index contributed by atoms with van der Waals surface area (Å²) in [5, 5.41) is 3.97. The van der Waals surface area contributed by atoms with E-state index in [-0.39, 0.29) is 12.5 Å². The van der Waals surface area contributed by atoms with Crippen LogP contribution in [0.3, 0.4) is 0 Å². The average Bonchev–Trinajstić information content (AvgIpc) is 3.30. The van der Waals surface area contributed by atoms with Gasteiger partial charge in [-0.3, -0.25) is 4.79 Å². The molecule has 35 heavy (non-hydrogen) atoms. The summed E-state index contributed by atoms with van der Waals surface area (Å²) in [5.41, 5.74) is 4.66. The molecule has 4 aromatic rings. The number of ether oxygens (including phenoxy) is 2. The summed E-state index contributed by atoms with van der Waals surface area (Å²) in [4.78, 5) is 24.6. The summed E-state index contributed by atoms with van der Waals surface area (Å²) >= 11 is 12.3. The van der Waals surface area contributed by atoms with Crippen molar-refractivity contribution in [3.63, 3.8) is 0 Å². The number of hydrogen-bond acceptors (Lipinski definition) is 5. The van der Waals surface area contributed by atoms with Gasteiger partial charge in [-0.2, -0.15) is 0 Å². The van der Waals surface area contributed by atoms with Crippen molar-refractivity contribution in [1.82, 2.24) is 20.3 Å². The molecule has 1 amide bonds. The van der Waals surface area contributed by atoms with Gasteiger partial charge in [0, 0.05) is 46.0 Å². The second-order valence-corrected chi connectivity index (χ2v) is 8.81. The van der Waals surface area contributed by atoms with Crippen LogP contribution in [-0.2, 0) is 13.0 Å². The molecule has 2 N–H and O–H groups in total. The minimum Gasteiger partial charge on any atom is -0.490 e. The van der Waals surface area contributed by atoms with E-state index in [4.69, 9.17) is 37.7 Å². The number of carbonyl (C=O) groups is 1. The molecule has 0 radical (unpaired) electrons. The van der Waals surface area contributed by atoms with Crippen molar-refractivity contribution in [3.05, 3.63) is 81.6 Å². The first-order valence-corrected chi connectivity index (χ1v) is 11.9. The molecule has 0 atom stereocenters. The van der Waals surface area contributed by atoms with Gasteiger partial charge in [-0.15, -0.1) is 0 Å². The molecule has 0 unspecified atom stereocenters. The first kappa shape index (κ1) is 23.2. The summed E-state index contributed by atoms with van der Waals surface area (Å²) in [5.74, 6) is 1.63. The average molecular weight is 509 g/mol. The SMILES string of the molecule is CCOc1cc(-c2nccc(-c3cc4c([nH]3)CCNC4=O)n2)ccc1OCc1ccc(Cl)cc1Cl. The fourth-order valence-corrected chi connectivity index (χ4v) is 4.37. The van der Waals surface area contributed by atoms with Crippen molar-refractivity contribution < 1.29 is 14.3 Å². The number of rotatable bonds is 7. The second-order valence-electron chi connectivity index (χ2n) is 7.97. The Kier molecular flexibility index (Phi) is 6.61. The van der Waals surface area contributed by atoms with Crippen LogP contribution in [0.4, 0.5) is 0 Å². The maximum atomic E-state index is 12.1. The molecule has 0 fully saturated rings. The zero-order valence-electron chi connectivity index (χ0n) is 18.9. The number of hydrogen-bond donors (Lipinski definition) is 2. The molecular formula is C26H22Cl2N4O3. The third-order valence-corrected chi connectivity index (χ3v) is 6.22. The van der Waals surface area contributed by atoms with E-state index in [0.29, 0.717) is 51.8 Å². The molecule has 3 heterocycles. The predicted molar refractivity (Wildman–Crippen MR) is 135 cm³/mol. The summed E-state index contributed by atoms with van der Waals surface area (Å²) in [7, 11) is 0. The molecule has 9 heteroatoms. The first-order chi connectivity index (χ1) is 17.0. The van der Waals surface area contributed by atoms with Gasteiger partial charge in [0.25, 0.3) is 5.91 Å². The summed E-state index contributed by atoms with van der Waals surface area (Å²) in [6.45, 7) is 3.28. The van der Waals surface area contributed by atoms with E-state index in [9.17, 15) is 4.79 Å². The number of carbonyl (C=O) groups excluding carboxylic acids is 1. The quantitative estimate of drug-likeness (QED) is 0.333.